The van der Waals surface area contributed by atoms with Gasteiger partial charge in [-0.2, -0.15) is 37.7 Å². The van der Waals surface area contributed by atoms with Gasteiger partial charge in [0.25, 0.3) is 20.2 Å². The first-order chi connectivity index (χ1) is 32.4. The molecule has 22 nitrogen and oxygen atoms in total. The third-order valence-corrected chi connectivity index (χ3v) is 12.2. The lowest BCUT2D eigenvalue weighted by atomic mass is 10.0. The molecule has 0 unspecified atom stereocenters. The molecular formula is C43H29N13O9S3. The largest absolute Gasteiger partial charge is 0.478 e. The lowest BCUT2D eigenvalue weighted by Gasteiger charge is -2.16. The summed E-state index contributed by atoms with van der Waals surface area (Å²) in [6.07, 6.45) is 1.22. The quantitative estimate of drug-likeness (QED) is 0.0436. The predicted octanol–water partition coefficient (Wildman–Crippen LogP) is 9.39. The third kappa shape index (κ3) is 10.2. The van der Waals surface area contributed by atoms with Crippen molar-refractivity contribution in [3.63, 3.8) is 0 Å². The summed E-state index contributed by atoms with van der Waals surface area (Å²) in [5.41, 5.74) is 1.80. The summed E-state index contributed by atoms with van der Waals surface area (Å²) in [4.78, 5) is 27.3. The summed E-state index contributed by atoms with van der Waals surface area (Å²) in [5, 5.41) is 71.3. The molecule has 0 radical (unpaired) electrons. The number of carboxylic acids is 1. The minimum Gasteiger partial charge on any atom is -0.478 e. The molecule has 3 aromatic heterocycles. The van der Waals surface area contributed by atoms with Gasteiger partial charge in [0.1, 0.15) is 40.0 Å². The van der Waals surface area contributed by atoms with E-state index in [9.17, 15) is 56.4 Å². The van der Waals surface area contributed by atoms with E-state index in [1.807, 2.05) is 6.07 Å². The van der Waals surface area contributed by atoms with E-state index >= 15 is 0 Å². The van der Waals surface area contributed by atoms with E-state index in [1.54, 1.807) is 30.3 Å². The normalized spacial score (nSPS) is 11.5. The molecule has 1 amide bonds. The molecule has 3 heterocycles. The van der Waals surface area contributed by atoms with Crippen molar-refractivity contribution < 1.29 is 40.6 Å². The van der Waals surface area contributed by atoms with Gasteiger partial charge in [-0.3, -0.25) is 13.9 Å². The van der Waals surface area contributed by atoms with Gasteiger partial charge in [-0.05, 0) is 91.3 Å². The zero-order valence-electron chi connectivity index (χ0n) is 34.8. The number of pyridine rings is 1. The van der Waals surface area contributed by atoms with Gasteiger partial charge in [-0.1, -0.05) is 29.5 Å². The lowest BCUT2D eigenvalue weighted by Crippen LogP contribution is -2.05. The minimum atomic E-state index is -4.56. The SMILES string of the molecule is CC(=O)Nc1ccc(-c2c(N=Nc3c(C#N)cnn3-c3cccc(C(=O)O)c3)sc(N=Nc3c(Nc4ccc(S(=O)(=O)O)cc4)nc(Nc4ccc(S(=O)(=O)O)cc4)c(C#N)c3C)c2C#N)cc1. The number of benzene rings is 4. The van der Waals surface area contributed by atoms with Gasteiger partial charge in [-0.25, -0.2) is 14.5 Å². The smallest absolute Gasteiger partial charge is 0.335 e. The molecule has 6 N–H and O–H groups in total. The lowest BCUT2D eigenvalue weighted by molar-refractivity contribution is -0.114. The number of nitrogens with zero attached hydrogens (tertiary/aromatic N) is 10. The molecule has 0 atom stereocenters. The number of aromatic carboxylic acids is 1. The van der Waals surface area contributed by atoms with Crippen LogP contribution in [0.15, 0.2) is 134 Å². The zero-order chi connectivity index (χ0) is 48.9. The van der Waals surface area contributed by atoms with Gasteiger partial charge in [0.2, 0.25) is 5.91 Å². The highest BCUT2D eigenvalue weighted by atomic mass is 32.2. The number of carbonyl (C=O) groups excluding carboxylic acids is 1. The topological polar surface area (TPSA) is 351 Å². The van der Waals surface area contributed by atoms with Crippen molar-refractivity contribution in [3.05, 3.63) is 131 Å². The third-order valence-electron chi connectivity index (χ3n) is 9.51. The molecule has 7 aromatic rings. The first-order valence-electron chi connectivity index (χ1n) is 19.1. The number of amides is 1. The number of anilines is 5. The standard InChI is InChI=1S/C43H29N13O9S3/c1-23-34(20-45)38(49-29-10-14-32(15-11-29)67(60,61)62)51-39(50-30-12-16-33(17-13-30)68(63,64)65)37(23)52-54-41-35(21-46)36(25-6-8-28(9-7-25)48-24(2)57)42(66-41)55-53-40-27(19-44)22-47-56(40)31-5-3-4-26(18-31)43(58)59/h3-18,22H,1-2H3,(H,48,57)(H,58,59)(H2,49,50,51)(H,60,61,62)(H,63,64,65). The van der Waals surface area contributed by atoms with Crippen molar-refractivity contribution in [1.29, 1.82) is 15.8 Å². The maximum atomic E-state index is 11.8. The van der Waals surface area contributed by atoms with Gasteiger partial charge in [0.05, 0.1) is 32.8 Å². The average Bonchev–Trinajstić information content (AvgIpc) is 3.88. The average molecular weight is 968 g/mol. The molecule has 0 saturated heterocycles. The Bertz CT molecular complexity index is 3590. The first kappa shape index (κ1) is 46.9. The van der Waals surface area contributed by atoms with Gasteiger partial charge in [-0.15, -0.1) is 20.5 Å². The van der Waals surface area contributed by atoms with Crippen LogP contribution in [0.25, 0.3) is 16.8 Å². The van der Waals surface area contributed by atoms with E-state index in [-0.39, 0.29) is 94.4 Å². The second-order valence-corrected chi connectivity index (χ2v) is 17.8. The number of thiophene rings is 1. The number of carboxylic acid groups (broad SMARTS) is 1. The summed E-state index contributed by atoms with van der Waals surface area (Å²) in [6.45, 7) is 2.86. The Kier molecular flexibility index (Phi) is 13.3. The van der Waals surface area contributed by atoms with Crippen molar-refractivity contribution in [1.82, 2.24) is 14.8 Å². The predicted molar refractivity (Wildman–Crippen MR) is 245 cm³/mol. The number of azo groups is 2. The number of rotatable bonds is 14. The summed E-state index contributed by atoms with van der Waals surface area (Å²) < 4.78 is 67.0. The van der Waals surface area contributed by atoms with Gasteiger partial charge >= 0.3 is 5.97 Å². The number of nitrogens with one attached hydrogen (secondary N) is 3. The Morgan fingerprint density at radius 2 is 1.29 bits per heavy atom. The van der Waals surface area contributed by atoms with E-state index in [2.05, 4.69) is 58.6 Å². The molecule has 0 spiro atoms. The van der Waals surface area contributed by atoms with Crippen molar-refractivity contribution in [3.8, 4) is 35.0 Å². The maximum absolute atomic E-state index is 11.8. The van der Waals surface area contributed by atoms with Crippen LogP contribution in [0.4, 0.5) is 50.2 Å². The van der Waals surface area contributed by atoms with Crippen LogP contribution in [0.2, 0.25) is 0 Å². The second-order valence-electron chi connectivity index (χ2n) is 14.0. The summed E-state index contributed by atoms with van der Waals surface area (Å²) in [5.74, 6) is -1.71. The monoisotopic (exact) mass is 967 g/mol. The van der Waals surface area contributed by atoms with Crippen molar-refractivity contribution in [2.75, 3.05) is 16.0 Å². The van der Waals surface area contributed by atoms with Crippen LogP contribution in [0.5, 0.6) is 0 Å². The van der Waals surface area contributed by atoms with Gasteiger partial charge < -0.3 is 21.1 Å². The molecule has 7 rings (SSSR count). The maximum Gasteiger partial charge on any atom is 0.335 e. The molecule has 338 valence electrons. The van der Waals surface area contributed by atoms with Crippen LogP contribution < -0.4 is 16.0 Å². The van der Waals surface area contributed by atoms with Crippen LogP contribution >= 0.6 is 11.3 Å². The second kappa shape index (κ2) is 19.2. The fourth-order valence-corrected chi connectivity index (χ4v) is 8.21. The van der Waals surface area contributed by atoms with Crippen LogP contribution in [0, 0.1) is 40.9 Å². The highest BCUT2D eigenvalue weighted by molar-refractivity contribution is 7.86. The first-order valence-corrected chi connectivity index (χ1v) is 22.8. The molecule has 0 saturated carbocycles. The van der Waals surface area contributed by atoms with Crippen molar-refractivity contribution in [2.24, 2.45) is 20.5 Å². The molecule has 0 aliphatic heterocycles. The van der Waals surface area contributed by atoms with Gasteiger partial charge in [0, 0.05) is 35.1 Å². The van der Waals surface area contributed by atoms with Crippen LogP contribution in [-0.2, 0) is 25.0 Å². The number of nitriles is 3. The summed E-state index contributed by atoms with van der Waals surface area (Å²) >= 11 is 0.858. The summed E-state index contributed by atoms with van der Waals surface area (Å²) in [6, 6.07) is 28.1. The van der Waals surface area contributed by atoms with Crippen LogP contribution in [0.3, 0.4) is 0 Å². The highest BCUT2D eigenvalue weighted by Crippen LogP contribution is 2.49. The Hall–Kier alpha value is -9.03. The number of hydrogen-bond donors (Lipinski definition) is 6. The van der Waals surface area contributed by atoms with Crippen molar-refractivity contribution in [2.45, 2.75) is 23.6 Å². The Morgan fingerprint density at radius 3 is 1.84 bits per heavy atom. The molecule has 68 heavy (non-hydrogen) atoms. The summed E-state index contributed by atoms with van der Waals surface area (Å²) in [7, 11) is -9.07. The van der Waals surface area contributed by atoms with E-state index in [0.717, 1.165) is 35.6 Å². The molecule has 0 aliphatic carbocycles. The Morgan fingerprint density at radius 1 is 0.721 bits per heavy atom. The Balaban J connectivity index is 1.38. The minimum absolute atomic E-state index is 0.0203. The van der Waals surface area contributed by atoms with E-state index in [0.29, 0.717) is 11.3 Å². The molecular weight excluding hydrogens is 939 g/mol. The number of aromatic nitrogens is 3. The van der Waals surface area contributed by atoms with E-state index in [1.165, 1.54) is 67.2 Å². The highest BCUT2D eigenvalue weighted by Gasteiger charge is 2.24. The van der Waals surface area contributed by atoms with E-state index in [4.69, 9.17) is 0 Å². The van der Waals surface area contributed by atoms with Crippen LogP contribution in [-0.4, -0.2) is 57.7 Å². The van der Waals surface area contributed by atoms with Crippen LogP contribution in [0.1, 0.15) is 39.5 Å². The number of hydrogen-bond acceptors (Lipinski definition) is 18. The zero-order valence-corrected chi connectivity index (χ0v) is 37.3. The van der Waals surface area contributed by atoms with Gasteiger partial charge in [0.15, 0.2) is 22.5 Å². The Labute approximate surface area is 389 Å². The molecule has 0 fully saturated rings. The molecule has 0 aliphatic rings. The molecule has 4 aromatic carbocycles. The van der Waals surface area contributed by atoms with Crippen molar-refractivity contribution >= 4 is 93.7 Å². The van der Waals surface area contributed by atoms with E-state index < -0.39 is 31.1 Å². The number of carbonyl (C=O) groups is 2. The molecule has 25 heteroatoms. The molecule has 0 bridgehead atoms. The fraction of sp³-hybridized carbons (Fsp3) is 0.0465. The fourth-order valence-electron chi connectivity index (χ4n) is 6.33.